The molecule has 110 valence electrons. The lowest BCUT2D eigenvalue weighted by molar-refractivity contribution is 0.253. The third kappa shape index (κ3) is 4.93. The first-order valence-electron chi connectivity index (χ1n) is 6.47. The van der Waals surface area contributed by atoms with Crippen LogP contribution in [0.2, 0.25) is 0 Å². The SMILES string of the molecule is CCCn1cncc1C(CN)N(C)CCS(C)(=O)=O. The second kappa shape index (κ2) is 7.02. The zero-order chi connectivity index (χ0) is 14.5. The Bertz CT molecular complexity index is 484. The van der Waals surface area contributed by atoms with Gasteiger partial charge in [0.15, 0.2) is 0 Å². The number of hydrogen-bond donors (Lipinski definition) is 1. The summed E-state index contributed by atoms with van der Waals surface area (Å²) >= 11 is 0. The molecule has 7 heteroatoms. The van der Waals surface area contributed by atoms with Crippen molar-refractivity contribution in [2.45, 2.75) is 25.9 Å². The number of hydrogen-bond acceptors (Lipinski definition) is 5. The van der Waals surface area contributed by atoms with Crippen molar-refractivity contribution >= 4 is 9.84 Å². The van der Waals surface area contributed by atoms with Gasteiger partial charge in [-0.05, 0) is 13.5 Å². The van der Waals surface area contributed by atoms with Crippen LogP contribution < -0.4 is 5.73 Å². The smallest absolute Gasteiger partial charge is 0.148 e. The van der Waals surface area contributed by atoms with E-state index in [4.69, 9.17) is 5.73 Å². The Kier molecular flexibility index (Phi) is 5.96. The lowest BCUT2D eigenvalue weighted by Gasteiger charge is -2.27. The molecular weight excluding hydrogens is 264 g/mol. The van der Waals surface area contributed by atoms with Crippen LogP contribution in [0.25, 0.3) is 0 Å². The van der Waals surface area contributed by atoms with Crippen molar-refractivity contribution in [1.82, 2.24) is 14.5 Å². The predicted octanol–water partition coefficient (Wildman–Crippen LogP) is 0.269. The Labute approximate surface area is 115 Å². The first-order chi connectivity index (χ1) is 8.89. The zero-order valence-corrected chi connectivity index (χ0v) is 12.7. The Morgan fingerprint density at radius 1 is 1.53 bits per heavy atom. The minimum Gasteiger partial charge on any atom is -0.333 e. The molecule has 19 heavy (non-hydrogen) atoms. The molecule has 2 N–H and O–H groups in total. The minimum atomic E-state index is -2.95. The van der Waals surface area contributed by atoms with Crippen LogP contribution in [-0.4, -0.2) is 55.0 Å². The van der Waals surface area contributed by atoms with Crippen LogP contribution in [-0.2, 0) is 16.4 Å². The van der Waals surface area contributed by atoms with Crippen molar-refractivity contribution < 1.29 is 8.42 Å². The van der Waals surface area contributed by atoms with E-state index in [1.165, 1.54) is 6.26 Å². The van der Waals surface area contributed by atoms with Crippen molar-refractivity contribution in [3.8, 4) is 0 Å². The topological polar surface area (TPSA) is 81.2 Å². The highest BCUT2D eigenvalue weighted by Gasteiger charge is 2.20. The van der Waals surface area contributed by atoms with Gasteiger partial charge >= 0.3 is 0 Å². The summed E-state index contributed by atoms with van der Waals surface area (Å²) in [4.78, 5) is 6.14. The van der Waals surface area contributed by atoms with Gasteiger partial charge in [-0.15, -0.1) is 0 Å². The fourth-order valence-electron chi connectivity index (χ4n) is 2.03. The van der Waals surface area contributed by atoms with Gasteiger partial charge in [-0.25, -0.2) is 13.4 Å². The molecule has 1 aromatic heterocycles. The van der Waals surface area contributed by atoms with Gasteiger partial charge in [0, 0.05) is 32.1 Å². The Morgan fingerprint density at radius 2 is 2.21 bits per heavy atom. The quantitative estimate of drug-likeness (QED) is 0.742. The summed E-state index contributed by atoms with van der Waals surface area (Å²) in [6.45, 7) is 3.91. The standard InChI is InChI=1S/C12H24N4O2S/c1-4-5-16-10-14-9-12(16)11(8-13)15(2)6-7-19(3,17)18/h9-11H,4-8,13H2,1-3H3. The number of aromatic nitrogens is 2. The number of rotatable bonds is 8. The summed E-state index contributed by atoms with van der Waals surface area (Å²) in [5.74, 6) is 0.141. The molecular formula is C12H24N4O2S. The average Bonchev–Trinajstić information content (AvgIpc) is 2.76. The number of nitrogens with zero attached hydrogens (tertiary/aromatic N) is 3. The molecule has 0 spiro atoms. The van der Waals surface area contributed by atoms with Crippen molar-refractivity contribution in [1.29, 1.82) is 0 Å². The van der Waals surface area contributed by atoms with Crippen LogP contribution in [0.3, 0.4) is 0 Å². The Morgan fingerprint density at radius 3 is 2.74 bits per heavy atom. The van der Waals surface area contributed by atoms with Crippen molar-refractivity contribution in [2.75, 3.05) is 32.1 Å². The molecule has 0 amide bonds. The molecule has 1 rings (SSSR count). The van der Waals surface area contributed by atoms with E-state index in [1.807, 2.05) is 18.1 Å². The second-order valence-electron chi connectivity index (χ2n) is 4.87. The molecule has 0 bridgehead atoms. The van der Waals surface area contributed by atoms with Gasteiger partial charge in [0.1, 0.15) is 9.84 Å². The number of nitrogens with two attached hydrogens (primary N) is 1. The molecule has 0 saturated heterocycles. The summed E-state index contributed by atoms with van der Waals surface area (Å²) in [7, 11) is -1.06. The van der Waals surface area contributed by atoms with Gasteiger partial charge in [0.2, 0.25) is 0 Å². The third-order valence-electron chi connectivity index (χ3n) is 3.12. The van der Waals surface area contributed by atoms with Gasteiger partial charge < -0.3 is 10.3 Å². The molecule has 1 heterocycles. The molecule has 0 radical (unpaired) electrons. The van der Waals surface area contributed by atoms with E-state index in [0.29, 0.717) is 13.1 Å². The van der Waals surface area contributed by atoms with Crippen molar-refractivity contribution in [3.05, 3.63) is 18.2 Å². The maximum absolute atomic E-state index is 11.2. The van der Waals surface area contributed by atoms with Crippen LogP contribution >= 0.6 is 0 Å². The molecule has 0 aliphatic heterocycles. The van der Waals surface area contributed by atoms with Gasteiger partial charge in [0.05, 0.1) is 23.8 Å². The first kappa shape index (κ1) is 16.1. The Hall–Kier alpha value is -0.920. The highest BCUT2D eigenvalue weighted by atomic mass is 32.2. The first-order valence-corrected chi connectivity index (χ1v) is 8.53. The van der Waals surface area contributed by atoms with E-state index in [-0.39, 0.29) is 11.8 Å². The monoisotopic (exact) mass is 288 g/mol. The summed E-state index contributed by atoms with van der Waals surface area (Å²) in [6, 6.07) is -0.00389. The number of imidazole rings is 1. The van der Waals surface area contributed by atoms with E-state index < -0.39 is 9.84 Å². The summed E-state index contributed by atoms with van der Waals surface area (Å²) in [5.41, 5.74) is 6.88. The fourth-order valence-corrected chi connectivity index (χ4v) is 2.65. The number of sulfone groups is 1. The highest BCUT2D eigenvalue weighted by Crippen LogP contribution is 2.18. The second-order valence-corrected chi connectivity index (χ2v) is 7.13. The fraction of sp³-hybridized carbons (Fsp3) is 0.750. The molecule has 6 nitrogen and oxygen atoms in total. The molecule has 0 aliphatic rings. The van der Waals surface area contributed by atoms with E-state index in [1.54, 1.807) is 6.33 Å². The predicted molar refractivity (Wildman–Crippen MR) is 76.7 cm³/mol. The lowest BCUT2D eigenvalue weighted by Crippen LogP contribution is -2.35. The lowest BCUT2D eigenvalue weighted by atomic mass is 10.2. The molecule has 0 fully saturated rings. The van der Waals surface area contributed by atoms with E-state index in [2.05, 4.69) is 16.5 Å². The Balaban J connectivity index is 2.78. The summed E-state index contributed by atoms with van der Waals surface area (Å²) < 4.78 is 24.5. The van der Waals surface area contributed by atoms with E-state index >= 15 is 0 Å². The van der Waals surface area contributed by atoms with Gasteiger partial charge in [-0.2, -0.15) is 0 Å². The van der Waals surface area contributed by atoms with E-state index in [9.17, 15) is 8.42 Å². The van der Waals surface area contributed by atoms with Gasteiger partial charge in [-0.3, -0.25) is 4.90 Å². The maximum Gasteiger partial charge on any atom is 0.148 e. The van der Waals surface area contributed by atoms with Gasteiger partial charge in [0.25, 0.3) is 0 Å². The van der Waals surface area contributed by atoms with Crippen molar-refractivity contribution in [3.63, 3.8) is 0 Å². The van der Waals surface area contributed by atoms with Crippen LogP contribution in [0.1, 0.15) is 25.1 Å². The number of aryl methyl sites for hydroxylation is 1. The summed E-state index contributed by atoms with van der Waals surface area (Å²) in [6.07, 6.45) is 5.88. The molecule has 0 aromatic carbocycles. The van der Waals surface area contributed by atoms with Crippen molar-refractivity contribution in [2.24, 2.45) is 5.73 Å². The zero-order valence-electron chi connectivity index (χ0n) is 11.9. The molecule has 1 unspecified atom stereocenters. The third-order valence-corrected chi connectivity index (χ3v) is 4.04. The molecule has 0 saturated carbocycles. The minimum absolute atomic E-state index is 0.00389. The average molecular weight is 288 g/mol. The highest BCUT2D eigenvalue weighted by molar-refractivity contribution is 7.90. The number of likely N-dealkylation sites (N-methyl/N-ethyl adjacent to an activating group) is 1. The maximum atomic E-state index is 11.2. The van der Waals surface area contributed by atoms with Crippen LogP contribution in [0.15, 0.2) is 12.5 Å². The van der Waals surface area contributed by atoms with Crippen LogP contribution in [0.4, 0.5) is 0 Å². The molecule has 0 aliphatic carbocycles. The molecule has 1 atom stereocenters. The van der Waals surface area contributed by atoms with Gasteiger partial charge in [-0.1, -0.05) is 6.92 Å². The van der Waals surface area contributed by atoms with Crippen LogP contribution in [0, 0.1) is 0 Å². The largest absolute Gasteiger partial charge is 0.333 e. The van der Waals surface area contributed by atoms with Crippen LogP contribution in [0.5, 0.6) is 0 Å². The molecule has 1 aromatic rings. The van der Waals surface area contributed by atoms with E-state index in [0.717, 1.165) is 18.7 Å². The normalized spacial score (nSPS) is 13.9. The summed E-state index contributed by atoms with van der Waals surface area (Å²) in [5, 5.41) is 0.